The summed E-state index contributed by atoms with van der Waals surface area (Å²) in [5, 5.41) is 15.2. The van der Waals surface area contributed by atoms with Gasteiger partial charge in [-0.25, -0.2) is 18.5 Å². The van der Waals surface area contributed by atoms with Crippen molar-refractivity contribution in [3.63, 3.8) is 0 Å². The third kappa shape index (κ3) is 5.25. The molecule has 27 heavy (non-hydrogen) atoms. The van der Waals surface area contributed by atoms with Crippen molar-refractivity contribution in [2.24, 2.45) is 5.14 Å². The lowest BCUT2D eigenvalue weighted by Gasteiger charge is -2.09. The quantitative estimate of drug-likeness (QED) is 0.560. The number of aryl methyl sites for hydroxylation is 2. The zero-order valence-corrected chi connectivity index (χ0v) is 15.7. The van der Waals surface area contributed by atoms with Crippen LogP contribution in [0.1, 0.15) is 17.0 Å². The minimum atomic E-state index is -3.67. The molecule has 0 spiro atoms. The third-order valence-electron chi connectivity index (χ3n) is 3.69. The second kappa shape index (κ2) is 7.72. The molecule has 3 aromatic rings. The van der Waals surface area contributed by atoms with Crippen LogP contribution in [0.3, 0.4) is 0 Å². The fraction of sp³-hybridized carbons (Fsp3) is 0.235. The number of hydrogen-bond acceptors (Lipinski definition) is 8. The highest BCUT2D eigenvalue weighted by Gasteiger charge is 2.08. The summed E-state index contributed by atoms with van der Waals surface area (Å²) < 4.78 is 27.6. The second-order valence-electron chi connectivity index (χ2n) is 6.03. The maximum absolute atomic E-state index is 11.3. The molecule has 0 atom stereocenters. The van der Waals surface area contributed by atoms with E-state index >= 15 is 0 Å². The van der Waals surface area contributed by atoms with E-state index in [0.717, 1.165) is 11.3 Å². The molecule has 0 saturated carbocycles. The Morgan fingerprint density at radius 2 is 1.81 bits per heavy atom. The Morgan fingerprint density at radius 3 is 2.44 bits per heavy atom. The van der Waals surface area contributed by atoms with Gasteiger partial charge < -0.3 is 15.2 Å². The van der Waals surface area contributed by atoms with Crippen LogP contribution in [0.2, 0.25) is 0 Å². The van der Waals surface area contributed by atoms with Crippen LogP contribution in [-0.2, 0) is 16.4 Å². The van der Waals surface area contributed by atoms with Crippen LogP contribution < -0.4 is 15.8 Å². The molecule has 0 amide bonds. The SMILES string of the molecule is Cc1cc(NCCc2ccc(S(N)(=O)=O)cc2)nc(Nc2cc(C)on2)n1. The summed E-state index contributed by atoms with van der Waals surface area (Å²) in [5.74, 6) is 2.32. The molecular formula is C17H20N6O3S. The molecule has 10 heteroatoms. The van der Waals surface area contributed by atoms with Crippen molar-refractivity contribution < 1.29 is 12.9 Å². The molecule has 2 heterocycles. The number of nitrogens with two attached hydrogens (primary N) is 1. The molecule has 1 aromatic carbocycles. The van der Waals surface area contributed by atoms with Gasteiger partial charge in [-0.1, -0.05) is 17.3 Å². The number of benzene rings is 1. The molecule has 0 saturated heterocycles. The molecule has 4 N–H and O–H groups in total. The van der Waals surface area contributed by atoms with Crippen LogP contribution >= 0.6 is 0 Å². The molecule has 3 rings (SSSR count). The highest BCUT2D eigenvalue weighted by atomic mass is 32.2. The lowest BCUT2D eigenvalue weighted by molar-refractivity contribution is 0.400. The first kappa shape index (κ1) is 18.8. The number of primary sulfonamides is 1. The van der Waals surface area contributed by atoms with Crippen LogP contribution in [0.4, 0.5) is 17.6 Å². The van der Waals surface area contributed by atoms with Gasteiger partial charge in [0.25, 0.3) is 0 Å². The minimum absolute atomic E-state index is 0.101. The van der Waals surface area contributed by atoms with E-state index in [0.29, 0.717) is 36.3 Å². The first-order valence-corrected chi connectivity index (χ1v) is 9.76. The second-order valence-corrected chi connectivity index (χ2v) is 7.59. The fourth-order valence-electron chi connectivity index (χ4n) is 2.44. The highest BCUT2D eigenvalue weighted by molar-refractivity contribution is 7.89. The molecular weight excluding hydrogens is 368 g/mol. The minimum Gasteiger partial charge on any atom is -0.370 e. The Hall–Kier alpha value is -2.98. The number of aromatic nitrogens is 3. The Bertz CT molecular complexity index is 1030. The van der Waals surface area contributed by atoms with Gasteiger partial charge in [0.05, 0.1) is 4.90 Å². The normalized spacial score (nSPS) is 11.4. The molecule has 0 aliphatic rings. The van der Waals surface area contributed by atoms with Crippen LogP contribution in [-0.4, -0.2) is 30.1 Å². The summed E-state index contributed by atoms with van der Waals surface area (Å²) in [6.07, 6.45) is 0.694. The summed E-state index contributed by atoms with van der Waals surface area (Å²) in [7, 11) is -3.67. The fourth-order valence-corrected chi connectivity index (χ4v) is 2.95. The Morgan fingerprint density at radius 1 is 1.07 bits per heavy atom. The lowest BCUT2D eigenvalue weighted by Crippen LogP contribution is -2.12. The molecule has 2 aromatic heterocycles. The zero-order chi connectivity index (χ0) is 19.4. The number of hydrogen-bond donors (Lipinski definition) is 3. The number of rotatable bonds is 7. The van der Waals surface area contributed by atoms with E-state index < -0.39 is 10.0 Å². The Balaban J connectivity index is 1.60. The zero-order valence-electron chi connectivity index (χ0n) is 14.9. The lowest BCUT2D eigenvalue weighted by atomic mass is 10.1. The van der Waals surface area contributed by atoms with Gasteiger partial charge in [-0.3, -0.25) is 0 Å². The van der Waals surface area contributed by atoms with E-state index in [1.165, 1.54) is 12.1 Å². The third-order valence-corrected chi connectivity index (χ3v) is 4.62. The van der Waals surface area contributed by atoms with Crippen molar-refractivity contribution in [1.82, 2.24) is 15.1 Å². The van der Waals surface area contributed by atoms with E-state index in [9.17, 15) is 8.42 Å². The van der Waals surface area contributed by atoms with Gasteiger partial charge in [-0.2, -0.15) is 4.98 Å². The van der Waals surface area contributed by atoms with E-state index in [-0.39, 0.29) is 4.90 Å². The van der Waals surface area contributed by atoms with Gasteiger partial charge in [-0.05, 0) is 38.0 Å². The predicted octanol–water partition coefficient (Wildman–Crippen LogP) is 2.13. The van der Waals surface area contributed by atoms with Crippen LogP contribution in [0.25, 0.3) is 0 Å². The highest BCUT2D eigenvalue weighted by Crippen LogP contribution is 2.16. The maximum atomic E-state index is 11.3. The first-order valence-electron chi connectivity index (χ1n) is 8.21. The van der Waals surface area contributed by atoms with Gasteiger partial charge in [0.1, 0.15) is 11.6 Å². The van der Waals surface area contributed by atoms with E-state index in [4.69, 9.17) is 9.66 Å². The van der Waals surface area contributed by atoms with Crippen molar-refractivity contribution in [3.8, 4) is 0 Å². The molecule has 0 radical (unpaired) electrons. The van der Waals surface area contributed by atoms with Crippen molar-refractivity contribution in [1.29, 1.82) is 0 Å². The summed E-state index contributed by atoms with van der Waals surface area (Å²) in [6.45, 7) is 4.30. The molecule has 0 fully saturated rings. The molecule has 0 aliphatic carbocycles. The molecule has 142 valence electrons. The molecule has 9 nitrogen and oxygen atoms in total. The number of nitrogens with zero attached hydrogens (tertiary/aromatic N) is 3. The van der Waals surface area contributed by atoms with Crippen molar-refractivity contribution >= 4 is 27.6 Å². The van der Waals surface area contributed by atoms with E-state index in [2.05, 4.69) is 25.8 Å². The average Bonchev–Trinajstić information content (AvgIpc) is 2.99. The van der Waals surface area contributed by atoms with Crippen molar-refractivity contribution in [2.75, 3.05) is 17.2 Å². The molecule has 0 aliphatic heterocycles. The predicted molar refractivity (Wildman–Crippen MR) is 101 cm³/mol. The van der Waals surface area contributed by atoms with Gasteiger partial charge >= 0.3 is 0 Å². The summed E-state index contributed by atoms with van der Waals surface area (Å²) in [4.78, 5) is 8.83. The monoisotopic (exact) mass is 388 g/mol. The number of sulfonamides is 1. The molecule has 0 unspecified atom stereocenters. The van der Waals surface area contributed by atoms with Crippen LogP contribution in [0.15, 0.2) is 45.8 Å². The van der Waals surface area contributed by atoms with Crippen LogP contribution in [0, 0.1) is 13.8 Å². The van der Waals surface area contributed by atoms with Crippen molar-refractivity contribution in [2.45, 2.75) is 25.2 Å². The standard InChI is InChI=1S/C17H20N6O3S/c1-11-9-15(21-17(20-11)22-16-10-12(2)26-23-16)19-8-7-13-3-5-14(6-4-13)27(18,24)25/h3-6,9-10H,7-8H2,1-2H3,(H2,18,24,25)(H2,19,20,21,22,23). The Labute approximate surface area is 157 Å². The Kier molecular flexibility index (Phi) is 5.38. The van der Waals surface area contributed by atoms with Gasteiger partial charge in [0.15, 0.2) is 5.82 Å². The average molecular weight is 388 g/mol. The number of nitrogens with one attached hydrogen (secondary N) is 2. The number of anilines is 3. The maximum Gasteiger partial charge on any atom is 0.238 e. The summed E-state index contributed by atoms with van der Waals surface area (Å²) in [6, 6.07) is 10.1. The van der Waals surface area contributed by atoms with E-state index in [1.807, 2.05) is 13.0 Å². The van der Waals surface area contributed by atoms with Gasteiger partial charge in [0, 0.05) is 24.4 Å². The molecule has 0 bridgehead atoms. The smallest absolute Gasteiger partial charge is 0.238 e. The van der Waals surface area contributed by atoms with Crippen LogP contribution in [0.5, 0.6) is 0 Å². The first-order chi connectivity index (χ1) is 12.8. The van der Waals surface area contributed by atoms with Gasteiger partial charge in [-0.15, -0.1) is 0 Å². The largest absolute Gasteiger partial charge is 0.370 e. The van der Waals surface area contributed by atoms with Crippen molar-refractivity contribution in [3.05, 3.63) is 53.4 Å². The topological polar surface area (TPSA) is 136 Å². The summed E-state index contributed by atoms with van der Waals surface area (Å²) >= 11 is 0. The van der Waals surface area contributed by atoms with Gasteiger partial charge in [0.2, 0.25) is 16.0 Å². The summed E-state index contributed by atoms with van der Waals surface area (Å²) in [5.41, 5.74) is 1.78. The van der Waals surface area contributed by atoms with E-state index in [1.54, 1.807) is 25.1 Å².